The lowest BCUT2D eigenvalue weighted by molar-refractivity contribution is -0.888. The van der Waals surface area contributed by atoms with Crippen LogP contribution in [0.4, 0.5) is 0 Å². The summed E-state index contributed by atoms with van der Waals surface area (Å²) >= 11 is 0. The van der Waals surface area contributed by atoms with Gasteiger partial charge in [0.25, 0.3) is 0 Å². The van der Waals surface area contributed by atoms with Gasteiger partial charge >= 0.3 is 0 Å². The molecule has 0 fully saturated rings. The monoisotopic (exact) mass is 222 g/mol. The Hall–Kier alpha value is -0.560. The first kappa shape index (κ1) is 13.5. The lowest BCUT2D eigenvalue weighted by Gasteiger charge is -2.39. The first-order valence-electron chi connectivity index (χ1n) is 6.46. The van der Waals surface area contributed by atoms with Gasteiger partial charge in [0.2, 0.25) is 0 Å². The molecule has 0 bridgehead atoms. The van der Waals surface area contributed by atoms with Crippen LogP contribution in [0.5, 0.6) is 0 Å². The molecule has 0 amide bonds. The second-order valence-corrected chi connectivity index (χ2v) is 6.31. The Balaban J connectivity index is 2.70. The highest BCUT2D eigenvalue weighted by molar-refractivity contribution is 5.08. The fourth-order valence-corrected chi connectivity index (χ4v) is 3.16. The Morgan fingerprint density at radius 2 is 2.06 bits per heavy atom. The topological polar surface area (TPSA) is 0 Å². The number of rotatable bonds is 4. The molecular weight excluding hydrogens is 194 g/mol. The molecule has 0 aliphatic heterocycles. The molecule has 0 saturated heterocycles. The molecule has 1 aliphatic carbocycles. The highest BCUT2D eigenvalue weighted by Crippen LogP contribution is 2.34. The molecule has 0 heterocycles. The first-order chi connectivity index (χ1) is 7.35. The number of likely N-dealkylation sites (N-methyl/N-ethyl adjacent to an activating group) is 1. The lowest BCUT2D eigenvalue weighted by atomic mass is 9.74. The Morgan fingerprint density at radius 1 is 1.44 bits per heavy atom. The molecule has 0 spiro atoms. The second-order valence-electron chi connectivity index (χ2n) is 6.31. The van der Waals surface area contributed by atoms with Gasteiger partial charge in [0.05, 0.1) is 27.2 Å². The SMILES string of the molecule is C=CC[N+](C)(C)CC1C(C)C=C(C)CC1C. The summed E-state index contributed by atoms with van der Waals surface area (Å²) in [6.07, 6.45) is 5.79. The van der Waals surface area contributed by atoms with Crippen molar-refractivity contribution in [3.05, 3.63) is 24.3 Å². The second kappa shape index (κ2) is 5.18. The van der Waals surface area contributed by atoms with Crippen LogP contribution in [0.2, 0.25) is 0 Å². The normalized spacial score (nSPS) is 31.1. The zero-order valence-corrected chi connectivity index (χ0v) is 11.7. The summed E-state index contributed by atoms with van der Waals surface area (Å²) in [7, 11) is 4.62. The number of nitrogens with zero attached hydrogens (tertiary/aromatic N) is 1. The highest BCUT2D eigenvalue weighted by atomic mass is 15.3. The minimum atomic E-state index is 0.728. The van der Waals surface area contributed by atoms with E-state index in [9.17, 15) is 0 Å². The fourth-order valence-electron chi connectivity index (χ4n) is 3.16. The number of hydrogen-bond acceptors (Lipinski definition) is 0. The van der Waals surface area contributed by atoms with Crippen LogP contribution in [-0.2, 0) is 0 Å². The summed E-state index contributed by atoms with van der Waals surface area (Å²) in [6.45, 7) is 13.2. The van der Waals surface area contributed by atoms with Crippen LogP contribution < -0.4 is 0 Å². The number of allylic oxidation sites excluding steroid dienone is 2. The van der Waals surface area contributed by atoms with E-state index in [0.717, 1.165) is 28.8 Å². The van der Waals surface area contributed by atoms with E-state index in [2.05, 4.69) is 47.5 Å². The van der Waals surface area contributed by atoms with E-state index >= 15 is 0 Å². The molecule has 0 saturated carbocycles. The maximum absolute atomic E-state index is 3.86. The third-order valence-corrected chi connectivity index (χ3v) is 3.93. The van der Waals surface area contributed by atoms with Crippen molar-refractivity contribution in [1.82, 2.24) is 0 Å². The Bertz CT molecular complexity index is 275. The summed E-state index contributed by atoms with van der Waals surface area (Å²) < 4.78 is 1.07. The zero-order chi connectivity index (χ0) is 12.3. The molecule has 0 N–H and O–H groups in total. The van der Waals surface area contributed by atoms with Gasteiger partial charge in [-0.1, -0.05) is 32.1 Å². The van der Waals surface area contributed by atoms with Gasteiger partial charge in [-0.15, -0.1) is 0 Å². The predicted octanol–water partition coefficient (Wildman–Crippen LogP) is 3.49. The smallest absolute Gasteiger partial charge is 0.0967 e. The van der Waals surface area contributed by atoms with Gasteiger partial charge in [-0.2, -0.15) is 0 Å². The van der Waals surface area contributed by atoms with Crippen LogP contribution in [0, 0.1) is 17.8 Å². The van der Waals surface area contributed by atoms with Crippen molar-refractivity contribution < 1.29 is 4.48 Å². The summed E-state index contributed by atoms with van der Waals surface area (Å²) in [6, 6.07) is 0. The summed E-state index contributed by atoms with van der Waals surface area (Å²) in [5.41, 5.74) is 1.57. The van der Waals surface area contributed by atoms with Crippen LogP contribution in [0.15, 0.2) is 24.3 Å². The predicted molar refractivity (Wildman–Crippen MR) is 72.2 cm³/mol. The largest absolute Gasteiger partial charge is 0.325 e. The molecule has 1 aliphatic rings. The van der Waals surface area contributed by atoms with Gasteiger partial charge in [-0.05, 0) is 31.3 Å². The molecule has 3 unspecified atom stereocenters. The van der Waals surface area contributed by atoms with Gasteiger partial charge in [-0.3, -0.25) is 0 Å². The van der Waals surface area contributed by atoms with Crippen LogP contribution in [0.1, 0.15) is 27.2 Å². The maximum Gasteiger partial charge on any atom is 0.0967 e. The molecule has 0 radical (unpaired) electrons. The van der Waals surface area contributed by atoms with E-state index in [1.807, 2.05) is 6.08 Å². The van der Waals surface area contributed by atoms with Crippen molar-refractivity contribution in [1.29, 1.82) is 0 Å². The summed E-state index contributed by atoms with van der Waals surface area (Å²) in [4.78, 5) is 0. The van der Waals surface area contributed by atoms with E-state index in [-0.39, 0.29) is 0 Å². The average Bonchev–Trinajstić information content (AvgIpc) is 2.11. The molecule has 16 heavy (non-hydrogen) atoms. The van der Waals surface area contributed by atoms with E-state index in [4.69, 9.17) is 0 Å². The van der Waals surface area contributed by atoms with Gasteiger partial charge in [0, 0.05) is 5.92 Å². The fraction of sp³-hybridized carbons (Fsp3) is 0.733. The maximum atomic E-state index is 3.86. The van der Waals surface area contributed by atoms with Crippen LogP contribution >= 0.6 is 0 Å². The third kappa shape index (κ3) is 3.48. The standard InChI is InChI=1S/C15H28N/c1-7-8-16(5,6)11-15-13(3)9-12(2)10-14(15)4/h7,9,13-15H,1,8,10-11H2,2-6H3/q+1. The molecule has 1 nitrogen and oxygen atoms in total. The molecule has 0 aromatic carbocycles. The van der Waals surface area contributed by atoms with Crippen molar-refractivity contribution >= 4 is 0 Å². The summed E-state index contributed by atoms with van der Waals surface area (Å²) in [5.74, 6) is 2.37. The molecule has 1 rings (SSSR count). The molecular formula is C15H28N+. The van der Waals surface area contributed by atoms with Gasteiger partial charge < -0.3 is 4.48 Å². The first-order valence-corrected chi connectivity index (χ1v) is 6.46. The number of hydrogen-bond donors (Lipinski definition) is 0. The molecule has 0 aromatic rings. The van der Waals surface area contributed by atoms with Gasteiger partial charge in [-0.25, -0.2) is 0 Å². The van der Waals surface area contributed by atoms with Crippen LogP contribution in [0.3, 0.4) is 0 Å². The van der Waals surface area contributed by atoms with Crippen molar-refractivity contribution in [3.8, 4) is 0 Å². The molecule has 92 valence electrons. The van der Waals surface area contributed by atoms with Crippen molar-refractivity contribution in [2.45, 2.75) is 27.2 Å². The number of quaternary nitrogens is 1. The molecule has 0 aromatic heterocycles. The van der Waals surface area contributed by atoms with Crippen LogP contribution in [0.25, 0.3) is 0 Å². The highest BCUT2D eigenvalue weighted by Gasteiger charge is 2.32. The summed E-state index contributed by atoms with van der Waals surface area (Å²) in [5, 5.41) is 0. The van der Waals surface area contributed by atoms with Crippen LogP contribution in [-0.4, -0.2) is 31.7 Å². The average molecular weight is 222 g/mol. The molecule has 3 atom stereocenters. The Morgan fingerprint density at radius 3 is 2.56 bits per heavy atom. The Kier molecular flexibility index (Phi) is 4.37. The third-order valence-electron chi connectivity index (χ3n) is 3.93. The minimum Gasteiger partial charge on any atom is -0.325 e. The zero-order valence-electron chi connectivity index (χ0n) is 11.7. The quantitative estimate of drug-likeness (QED) is 0.504. The van der Waals surface area contributed by atoms with E-state index in [1.54, 1.807) is 5.57 Å². The van der Waals surface area contributed by atoms with E-state index < -0.39 is 0 Å². The van der Waals surface area contributed by atoms with Gasteiger partial charge in [0.15, 0.2) is 0 Å². The minimum absolute atomic E-state index is 0.728. The van der Waals surface area contributed by atoms with Gasteiger partial charge in [0.1, 0.15) is 0 Å². The van der Waals surface area contributed by atoms with Crippen molar-refractivity contribution in [3.63, 3.8) is 0 Å². The van der Waals surface area contributed by atoms with Crippen molar-refractivity contribution in [2.75, 3.05) is 27.2 Å². The lowest BCUT2D eigenvalue weighted by Crippen LogP contribution is -2.46. The van der Waals surface area contributed by atoms with E-state index in [0.29, 0.717) is 0 Å². The Labute approximate surface area is 101 Å². The van der Waals surface area contributed by atoms with E-state index in [1.165, 1.54) is 13.0 Å². The van der Waals surface area contributed by atoms with Crippen molar-refractivity contribution in [2.24, 2.45) is 17.8 Å². The molecule has 1 heteroatoms.